The fourth-order valence-electron chi connectivity index (χ4n) is 1.32. The molecule has 0 aliphatic heterocycles. The highest BCUT2D eigenvalue weighted by Gasteiger charge is 2.19. The minimum atomic E-state index is -1.55. The standard InChI is InChI=1S/C9H9BN2O3/c1-6-11-12-9(15-6)7-4-2-3-5-8(7)10(13)14/h2-5,13-14H,1H3. The first kappa shape index (κ1) is 9.88. The van der Waals surface area contributed by atoms with E-state index in [4.69, 9.17) is 14.5 Å². The fraction of sp³-hybridized carbons (Fsp3) is 0.111. The van der Waals surface area contributed by atoms with Crippen LogP contribution in [0.3, 0.4) is 0 Å². The summed E-state index contributed by atoms with van der Waals surface area (Å²) in [6.45, 7) is 1.68. The molecule has 0 unspecified atom stereocenters. The van der Waals surface area contributed by atoms with Crippen molar-refractivity contribution in [3.63, 3.8) is 0 Å². The molecule has 0 atom stereocenters. The quantitative estimate of drug-likeness (QED) is 0.658. The number of benzene rings is 1. The molecule has 15 heavy (non-hydrogen) atoms. The van der Waals surface area contributed by atoms with Crippen LogP contribution in [0.2, 0.25) is 0 Å². The molecule has 6 heteroatoms. The Morgan fingerprint density at radius 1 is 1.20 bits per heavy atom. The lowest BCUT2D eigenvalue weighted by Crippen LogP contribution is -2.31. The monoisotopic (exact) mass is 204 g/mol. The normalized spacial score (nSPS) is 10.3. The van der Waals surface area contributed by atoms with Gasteiger partial charge in [0, 0.05) is 12.5 Å². The topological polar surface area (TPSA) is 79.4 Å². The van der Waals surface area contributed by atoms with Crippen LogP contribution in [0.1, 0.15) is 5.89 Å². The van der Waals surface area contributed by atoms with Gasteiger partial charge in [0.2, 0.25) is 11.8 Å². The summed E-state index contributed by atoms with van der Waals surface area (Å²) >= 11 is 0. The molecule has 0 aliphatic carbocycles. The van der Waals surface area contributed by atoms with Crippen molar-refractivity contribution >= 4 is 12.6 Å². The van der Waals surface area contributed by atoms with Crippen molar-refractivity contribution in [3.05, 3.63) is 30.2 Å². The van der Waals surface area contributed by atoms with Crippen LogP contribution in [0, 0.1) is 6.92 Å². The van der Waals surface area contributed by atoms with Crippen LogP contribution in [-0.2, 0) is 0 Å². The Bertz CT molecular complexity index is 470. The molecular formula is C9H9BN2O3. The molecule has 76 valence electrons. The SMILES string of the molecule is Cc1nnc(-c2ccccc2B(O)O)o1. The van der Waals surface area contributed by atoms with E-state index in [1.54, 1.807) is 31.2 Å². The second kappa shape index (κ2) is 3.84. The molecule has 1 aromatic carbocycles. The van der Waals surface area contributed by atoms with Gasteiger partial charge in [-0.1, -0.05) is 18.2 Å². The molecule has 0 saturated heterocycles. The summed E-state index contributed by atoms with van der Waals surface area (Å²) in [7, 11) is -1.55. The van der Waals surface area contributed by atoms with Gasteiger partial charge < -0.3 is 14.5 Å². The lowest BCUT2D eigenvalue weighted by atomic mass is 9.77. The second-order valence-electron chi connectivity index (χ2n) is 3.09. The summed E-state index contributed by atoms with van der Waals surface area (Å²) in [5.74, 6) is 0.725. The van der Waals surface area contributed by atoms with E-state index in [2.05, 4.69) is 10.2 Å². The van der Waals surface area contributed by atoms with E-state index >= 15 is 0 Å². The molecule has 0 saturated carbocycles. The van der Waals surface area contributed by atoms with Gasteiger partial charge in [0.1, 0.15) is 0 Å². The highest BCUT2D eigenvalue weighted by atomic mass is 16.4. The minimum absolute atomic E-state index is 0.288. The number of nitrogens with zero attached hydrogens (tertiary/aromatic N) is 2. The number of aryl methyl sites for hydroxylation is 1. The van der Waals surface area contributed by atoms with Crippen LogP contribution in [0.4, 0.5) is 0 Å². The third-order valence-corrected chi connectivity index (χ3v) is 2.00. The molecule has 2 rings (SSSR count). The molecule has 2 aromatic rings. The van der Waals surface area contributed by atoms with Crippen molar-refractivity contribution < 1.29 is 14.5 Å². The van der Waals surface area contributed by atoms with Gasteiger partial charge in [-0.05, 0) is 11.5 Å². The first-order valence-corrected chi connectivity index (χ1v) is 4.44. The molecule has 1 heterocycles. The first-order chi connectivity index (χ1) is 7.18. The van der Waals surface area contributed by atoms with Gasteiger partial charge in [0.15, 0.2) is 0 Å². The molecule has 0 aliphatic rings. The smallest absolute Gasteiger partial charge is 0.423 e. The summed E-state index contributed by atoms with van der Waals surface area (Å²) in [6, 6.07) is 6.77. The maximum atomic E-state index is 9.14. The maximum absolute atomic E-state index is 9.14. The second-order valence-corrected chi connectivity index (χ2v) is 3.09. The number of rotatable bonds is 2. The van der Waals surface area contributed by atoms with Gasteiger partial charge in [0.05, 0.1) is 0 Å². The van der Waals surface area contributed by atoms with Crippen molar-refractivity contribution in [3.8, 4) is 11.5 Å². The average molecular weight is 204 g/mol. The molecule has 5 nitrogen and oxygen atoms in total. The third kappa shape index (κ3) is 1.90. The van der Waals surface area contributed by atoms with E-state index in [0.29, 0.717) is 16.9 Å². The summed E-state index contributed by atoms with van der Waals surface area (Å²) in [4.78, 5) is 0. The summed E-state index contributed by atoms with van der Waals surface area (Å²) in [6.07, 6.45) is 0. The Hall–Kier alpha value is -1.66. The predicted octanol–water partition coefficient (Wildman–Crippen LogP) is -0.275. The number of hydrogen-bond acceptors (Lipinski definition) is 5. The van der Waals surface area contributed by atoms with E-state index < -0.39 is 7.12 Å². The molecule has 2 N–H and O–H groups in total. The molecule has 0 radical (unpaired) electrons. The third-order valence-electron chi connectivity index (χ3n) is 2.00. The Morgan fingerprint density at radius 2 is 1.93 bits per heavy atom. The van der Waals surface area contributed by atoms with E-state index in [-0.39, 0.29) is 5.89 Å². The van der Waals surface area contributed by atoms with Crippen LogP contribution in [-0.4, -0.2) is 27.4 Å². The van der Waals surface area contributed by atoms with Gasteiger partial charge in [0.25, 0.3) is 0 Å². The van der Waals surface area contributed by atoms with E-state index in [1.165, 1.54) is 0 Å². The zero-order valence-electron chi connectivity index (χ0n) is 8.08. The van der Waals surface area contributed by atoms with Crippen LogP contribution < -0.4 is 5.46 Å². The zero-order chi connectivity index (χ0) is 10.8. The Balaban J connectivity index is 2.52. The summed E-state index contributed by atoms with van der Waals surface area (Å²) in [5.41, 5.74) is 0.884. The zero-order valence-corrected chi connectivity index (χ0v) is 8.08. The van der Waals surface area contributed by atoms with Crippen molar-refractivity contribution in [1.82, 2.24) is 10.2 Å². The molecule has 0 spiro atoms. The van der Waals surface area contributed by atoms with Crippen molar-refractivity contribution in [2.75, 3.05) is 0 Å². The minimum Gasteiger partial charge on any atom is -0.423 e. The first-order valence-electron chi connectivity index (χ1n) is 4.44. The van der Waals surface area contributed by atoms with Crippen molar-refractivity contribution in [2.45, 2.75) is 6.92 Å². The Labute approximate surface area is 86.5 Å². The highest BCUT2D eigenvalue weighted by Crippen LogP contribution is 2.15. The maximum Gasteiger partial charge on any atom is 0.489 e. The fourth-order valence-corrected chi connectivity index (χ4v) is 1.32. The Kier molecular flexibility index (Phi) is 2.53. The van der Waals surface area contributed by atoms with Crippen molar-refractivity contribution in [1.29, 1.82) is 0 Å². The van der Waals surface area contributed by atoms with E-state index in [9.17, 15) is 0 Å². The predicted molar refractivity (Wildman–Crippen MR) is 54.3 cm³/mol. The average Bonchev–Trinajstić information content (AvgIpc) is 2.65. The van der Waals surface area contributed by atoms with Gasteiger partial charge in [-0.15, -0.1) is 10.2 Å². The van der Waals surface area contributed by atoms with E-state index in [1.807, 2.05) is 0 Å². The summed E-state index contributed by atoms with van der Waals surface area (Å²) in [5, 5.41) is 25.8. The lowest BCUT2D eigenvalue weighted by molar-refractivity contribution is 0.425. The summed E-state index contributed by atoms with van der Waals surface area (Å²) < 4.78 is 5.22. The van der Waals surface area contributed by atoms with Crippen LogP contribution in [0.25, 0.3) is 11.5 Å². The van der Waals surface area contributed by atoms with Gasteiger partial charge in [-0.25, -0.2) is 0 Å². The van der Waals surface area contributed by atoms with Crippen LogP contribution in [0.15, 0.2) is 28.7 Å². The van der Waals surface area contributed by atoms with Crippen molar-refractivity contribution in [2.24, 2.45) is 0 Å². The van der Waals surface area contributed by atoms with Crippen LogP contribution in [0.5, 0.6) is 0 Å². The van der Waals surface area contributed by atoms with Gasteiger partial charge in [-0.3, -0.25) is 0 Å². The Morgan fingerprint density at radius 3 is 2.53 bits per heavy atom. The van der Waals surface area contributed by atoms with Gasteiger partial charge in [-0.2, -0.15) is 0 Å². The molecular weight excluding hydrogens is 195 g/mol. The van der Waals surface area contributed by atoms with Gasteiger partial charge >= 0.3 is 7.12 Å². The number of aromatic nitrogens is 2. The largest absolute Gasteiger partial charge is 0.489 e. The lowest BCUT2D eigenvalue weighted by Gasteiger charge is -2.03. The van der Waals surface area contributed by atoms with E-state index in [0.717, 1.165) is 0 Å². The molecule has 1 aromatic heterocycles. The molecule has 0 bridgehead atoms. The number of hydrogen-bond donors (Lipinski definition) is 2. The highest BCUT2D eigenvalue weighted by molar-refractivity contribution is 6.60. The van der Waals surface area contributed by atoms with Crippen LogP contribution >= 0.6 is 0 Å². The molecule has 0 fully saturated rings. The molecule has 0 amide bonds.